The van der Waals surface area contributed by atoms with Crippen molar-refractivity contribution in [3.05, 3.63) is 126 Å². The minimum atomic E-state index is -2.24. The number of carboxylic acid groups (broad SMARTS) is 1. The highest BCUT2D eigenvalue weighted by Crippen LogP contribution is 2.43. The molecule has 0 N–H and O–H groups in total. The van der Waals surface area contributed by atoms with E-state index in [9.17, 15) is 23.1 Å². The number of rotatable bonds is 6. The van der Waals surface area contributed by atoms with Gasteiger partial charge in [0, 0.05) is 42.2 Å². The van der Waals surface area contributed by atoms with Crippen LogP contribution in [0.4, 0.5) is 40.3 Å². The van der Waals surface area contributed by atoms with Gasteiger partial charge in [0.1, 0.15) is 0 Å². The Balaban J connectivity index is 1.68. The monoisotopic (exact) mass is 582 g/mol. The quantitative estimate of drug-likeness (QED) is 0.0655. The van der Waals surface area contributed by atoms with E-state index >= 15 is 4.39 Å². The third kappa shape index (κ3) is 4.68. The summed E-state index contributed by atoms with van der Waals surface area (Å²) in [5, 5.41) is 12.4. The molecule has 0 aliphatic heterocycles. The zero-order chi connectivity index (χ0) is 30.4. The lowest BCUT2D eigenvalue weighted by atomic mass is 9.92. The molecule has 6 aromatic rings. The molecule has 0 aliphatic rings. The van der Waals surface area contributed by atoms with Crippen LogP contribution in [0.5, 0.6) is 0 Å². The summed E-state index contributed by atoms with van der Waals surface area (Å²) in [4.78, 5) is 15.8. The van der Waals surface area contributed by atoms with Gasteiger partial charge in [-0.25, -0.2) is 22.0 Å². The third-order valence-electron chi connectivity index (χ3n) is 7.47. The summed E-state index contributed by atoms with van der Waals surface area (Å²) < 4.78 is 65.6. The predicted octanol–water partition coefficient (Wildman–Crippen LogP) is 7.99. The SMILES string of the molecule is CN(c1ccccc1)c1ccc2c(-c3c(F)c(F)c(F)c(F)c3C(=O)[O-])c3ccc(N(C)c4ccccc4)cc3[o+]c2c1. The summed E-state index contributed by atoms with van der Waals surface area (Å²) >= 11 is 0. The van der Waals surface area contributed by atoms with Crippen molar-refractivity contribution in [2.75, 3.05) is 23.9 Å². The molecule has 0 amide bonds. The summed E-state index contributed by atoms with van der Waals surface area (Å²) in [6, 6.07) is 28.5. The van der Waals surface area contributed by atoms with Crippen LogP contribution in [0.3, 0.4) is 0 Å². The van der Waals surface area contributed by atoms with Crippen LogP contribution in [-0.2, 0) is 0 Å². The highest BCUT2D eigenvalue weighted by atomic mass is 19.2. The molecule has 43 heavy (non-hydrogen) atoms. The minimum absolute atomic E-state index is 0.147. The number of carbonyl (C=O) groups is 1. The van der Waals surface area contributed by atoms with Gasteiger partial charge in [0.05, 0.1) is 40.2 Å². The highest BCUT2D eigenvalue weighted by Gasteiger charge is 2.32. The van der Waals surface area contributed by atoms with E-state index in [4.69, 9.17) is 4.42 Å². The molecule has 0 unspecified atom stereocenters. The van der Waals surface area contributed by atoms with Gasteiger partial charge in [-0.05, 0) is 48.5 Å². The van der Waals surface area contributed by atoms with Crippen molar-refractivity contribution in [1.82, 2.24) is 0 Å². The van der Waals surface area contributed by atoms with E-state index in [2.05, 4.69) is 0 Å². The molecule has 214 valence electrons. The minimum Gasteiger partial charge on any atom is -0.545 e. The molecule has 0 saturated carbocycles. The number of nitrogens with zero attached hydrogens (tertiary/aromatic N) is 2. The van der Waals surface area contributed by atoms with E-state index in [1.54, 1.807) is 24.3 Å². The lowest BCUT2D eigenvalue weighted by molar-refractivity contribution is -0.255. The first-order valence-corrected chi connectivity index (χ1v) is 13.2. The largest absolute Gasteiger partial charge is 0.545 e. The Morgan fingerprint density at radius 1 is 0.581 bits per heavy atom. The zero-order valence-corrected chi connectivity index (χ0v) is 22.9. The topological polar surface area (TPSA) is 57.9 Å². The van der Waals surface area contributed by atoms with Crippen LogP contribution in [0.2, 0.25) is 0 Å². The molecule has 0 saturated heterocycles. The number of halogens is 4. The maximum atomic E-state index is 15.5. The maximum Gasteiger partial charge on any atom is 0.363 e. The molecule has 1 aromatic heterocycles. The Morgan fingerprint density at radius 2 is 1.02 bits per heavy atom. The van der Waals surface area contributed by atoms with Gasteiger partial charge in [0.2, 0.25) is 0 Å². The number of carboxylic acids is 1. The number of benzene rings is 5. The summed E-state index contributed by atoms with van der Waals surface area (Å²) in [5.74, 6) is -10.5. The normalized spacial score (nSPS) is 11.2. The van der Waals surface area contributed by atoms with Gasteiger partial charge >= 0.3 is 11.2 Å². The van der Waals surface area contributed by atoms with Crippen molar-refractivity contribution in [2.45, 2.75) is 0 Å². The van der Waals surface area contributed by atoms with E-state index in [1.165, 1.54) is 12.1 Å². The van der Waals surface area contributed by atoms with E-state index in [-0.39, 0.29) is 27.5 Å². The van der Waals surface area contributed by atoms with Gasteiger partial charge < -0.3 is 19.7 Å². The Hall–Kier alpha value is -5.44. The fourth-order valence-corrected chi connectivity index (χ4v) is 5.21. The summed E-state index contributed by atoms with van der Waals surface area (Å²) in [6.07, 6.45) is 0. The molecule has 6 rings (SSSR count). The van der Waals surface area contributed by atoms with Crippen LogP contribution in [0.25, 0.3) is 33.1 Å². The van der Waals surface area contributed by atoms with Crippen molar-refractivity contribution >= 4 is 50.7 Å². The van der Waals surface area contributed by atoms with Crippen molar-refractivity contribution in [2.24, 2.45) is 0 Å². The Morgan fingerprint density at radius 3 is 1.47 bits per heavy atom. The van der Waals surface area contributed by atoms with Crippen LogP contribution < -0.4 is 14.9 Å². The van der Waals surface area contributed by atoms with Crippen LogP contribution in [0, 0.1) is 23.3 Å². The van der Waals surface area contributed by atoms with Crippen molar-refractivity contribution in [3.8, 4) is 11.1 Å². The average molecular weight is 583 g/mol. The molecule has 5 aromatic carbocycles. The first-order chi connectivity index (χ1) is 20.7. The van der Waals surface area contributed by atoms with Crippen molar-refractivity contribution < 1.29 is 31.9 Å². The fraction of sp³-hybridized carbons (Fsp3) is 0.0588. The first-order valence-electron chi connectivity index (χ1n) is 13.2. The van der Waals surface area contributed by atoms with Gasteiger partial charge in [0.15, 0.2) is 23.3 Å². The smallest absolute Gasteiger partial charge is 0.363 e. The molecule has 9 heteroatoms. The Bertz CT molecular complexity index is 1930. The first kappa shape index (κ1) is 27.7. The second-order valence-corrected chi connectivity index (χ2v) is 9.92. The standard InChI is InChI=1S/C34H22F4N2O3/c1-39(19-9-5-3-6-10-19)21-13-15-23-25(17-21)43-26-18-22(40(2)20-11-7-4-8-12-20)14-16-24(26)27(23)28-29(34(41)42)31(36)33(38)32(37)30(28)35/h3-18H,1-2H3. The molecule has 0 radical (unpaired) electrons. The van der Waals surface area contributed by atoms with E-state index in [0.29, 0.717) is 11.4 Å². The van der Waals surface area contributed by atoms with Gasteiger partial charge in [-0.1, -0.05) is 36.4 Å². The molecular weight excluding hydrogens is 560 g/mol. The summed E-state index contributed by atoms with van der Waals surface area (Å²) in [5.41, 5.74) is 0.743. The summed E-state index contributed by atoms with van der Waals surface area (Å²) in [7, 11) is 3.65. The molecule has 0 fully saturated rings. The lowest BCUT2D eigenvalue weighted by Gasteiger charge is -2.20. The maximum absolute atomic E-state index is 15.5. The second-order valence-electron chi connectivity index (χ2n) is 9.92. The number of hydrogen-bond acceptors (Lipinski definition) is 4. The van der Waals surface area contributed by atoms with Gasteiger partial charge in [-0.3, -0.25) is 0 Å². The lowest BCUT2D eigenvalue weighted by Crippen LogP contribution is -2.26. The van der Waals surface area contributed by atoms with Crippen molar-refractivity contribution in [3.63, 3.8) is 0 Å². The Labute approximate surface area is 243 Å². The zero-order valence-electron chi connectivity index (χ0n) is 22.9. The van der Waals surface area contributed by atoms with Crippen LogP contribution in [-0.4, -0.2) is 20.1 Å². The van der Waals surface area contributed by atoms with Crippen molar-refractivity contribution in [1.29, 1.82) is 0 Å². The molecule has 0 spiro atoms. The predicted molar refractivity (Wildman–Crippen MR) is 157 cm³/mol. The molecule has 5 nitrogen and oxygen atoms in total. The van der Waals surface area contributed by atoms with Crippen LogP contribution in [0.1, 0.15) is 10.4 Å². The van der Waals surface area contributed by atoms with Gasteiger partial charge in [-0.15, -0.1) is 0 Å². The third-order valence-corrected chi connectivity index (χ3v) is 7.47. The van der Waals surface area contributed by atoms with E-state index in [0.717, 1.165) is 11.4 Å². The van der Waals surface area contributed by atoms with Gasteiger partial charge in [-0.2, -0.15) is 0 Å². The number of fused-ring (bicyclic) bond motifs is 2. The number of aromatic carboxylic acids is 1. The highest BCUT2D eigenvalue weighted by molar-refractivity contribution is 6.12. The van der Waals surface area contributed by atoms with E-state index in [1.807, 2.05) is 84.6 Å². The molecule has 0 aliphatic carbocycles. The fourth-order valence-electron chi connectivity index (χ4n) is 5.21. The Kier molecular flexibility index (Phi) is 6.93. The van der Waals surface area contributed by atoms with Crippen LogP contribution >= 0.6 is 0 Å². The second kappa shape index (κ2) is 10.8. The van der Waals surface area contributed by atoms with E-state index < -0.39 is 40.4 Å². The number of carbonyl (C=O) groups excluding carboxylic acids is 1. The van der Waals surface area contributed by atoms with Crippen LogP contribution in [0.15, 0.2) is 101 Å². The summed E-state index contributed by atoms with van der Waals surface area (Å²) in [6.45, 7) is 0. The van der Waals surface area contributed by atoms with Gasteiger partial charge in [0.25, 0.3) is 0 Å². The number of anilines is 4. The number of hydrogen-bond donors (Lipinski definition) is 0. The molecule has 1 heterocycles. The average Bonchev–Trinajstić information content (AvgIpc) is 3.03. The molecule has 0 atom stereocenters. The number of para-hydroxylation sites is 2. The molecule has 0 bridgehead atoms. The molecular formula is C34H22F4N2O3.